The van der Waals surface area contributed by atoms with E-state index in [-0.39, 0.29) is 0 Å². The molecule has 1 aromatic rings. The monoisotopic (exact) mass is 281 g/mol. The molecular formula is C13H16BrNO. The molecule has 1 saturated heterocycles. The zero-order valence-electron chi connectivity index (χ0n) is 9.45. The molecule has 2 rings (SSSR count). The van der Waals surface area contributed by atoms with Crippen LogP contribution in [0.2, 0.25) is 0 Å². The normalized spacial score (nSPS) is 19.8. The van der Waals surface area contributed by atoms with E-state index in [2.05, 4.69) is 52.0 Å². The number of nitrogens with zero attached hydrogens (tertiary/aromatic N) is 1. The molecule has 0 unspecified atom stereocenters. The van der Waals surface area contributed by atoms with E-state index >= 15 is 0 Å². The van der Waals surface area contributed by atoms with Crippen molar-refractivity contribution in [2.24, 2.45) is 0 Å². The quantitative estimate of drug-likeness (QED) is 0.830. The zero-order valence-corrected chi connectivity index (χ0v) is 11.0. The number of halogens is 1. The van der Waals surface area contributed by atoms with Crippen LogP contribution in [0.5, 0.6) is 0 Å². The molecule has 0 bridgehead atoms. The van der Waals surface area contributed by atoms with Crippen molar-refractivity contribution in [3.63, 3.8) is 0 Å². The van der Waals surface area contributed by atoms with Crippen molar-refractivity contribution in [2.75, 3.05) is 13.1 Å². The van der Waals surface area contributed by atoms with Gasteiger partial charge in [-0.15, -0.1) is 0 Å². The average molecular weight is 282 g/mol. The first-order valence-corrected chi connectivity index (χ1v) is 6.47. The minimum absolute atomic E-state index is 0.402. The first-order valence-electron chi connectivity index (χ1n) is 5.68. The van der Waals surface area contributed by atoms with Gasteiger partial charge in [0.05, 0.1) is 0 Å². The molecule has 0 spiro atoms. The van der Waals surface area contributed by atoms with Gasteiger partial charge < -0.3 is 0 Å². The largest absolute Gasteiger partial charge is 0.300 e. The van der Waals surface area contributed by atoms with Crippen molar-refractivity contribution >= 4 is 21.7 Å². The molecule has 1 aliphatic rings. The zero-order chi connectivity index (χ0) is 11.5. The molecule has 0 aromatic heterocycles. The summed E-state index contributed by atoms with van der Waals surface area (Å²) in [5.41, 5.74) is 1.32. The van der Waals surface area contributed by atoms with E-state index in [0.717, 1.165) is 17.6 Å². The summed E-state index contributed by atoms with van der Waals surface area (Å²) in [6.07, 6.45) is 1.42. The summed E-state index contributed by atoms with van der Waals surface area (Å²) < 4.78 is 1.11. The van der Waals surface area contributed by atoms with E-state index in [0.29, 0.717) is 24.7 Å². The third-order valence-electron chi connectivity index (χ3n) is 3.26. The van der Waals surface area contributed by atoms with E-state index < -0.39 is 0 Å². The Hall–Kier alpha value is -0.670. The molecule has 0 aliphatic carbocycles. The highest BCUT2D eigenvalue weighted by Crippen LogP contribution is 2.24. The van der Waals surface area contributed by atoms with Gasteiger partial charge in [-0.1, -0.05) is 28.1 Å². The Kier molecular flexibility index (Phi) is 3.77. The number of carbonyl (C=O) groups is 1. The van der Waals surface area contributed by atoms with Gasteiger partial charge in [0.2, 0.25) is 0 Å². The second-order valence-electron chi connectivity index (χ2n) is 4.30. The van der Waals surface area contributed by atoms with Crippen LogP contribution in [-0.2, 0) is 4.79 Å². The molecule has 0 saturated carbocycles. The number of benzene rings is 1. The van der Waals surface area contributed by atoms with Gasteiger partial charge in [-0.3, -0.25) is 9.69 Å². The first kappa shape index (κ1) is 11.8. The fourth-order valence-electron chi connectivity index (χ4n) is 2.11. The van der Waals surface area contributed by atoms with Gasteiger partial charge in [0, 0.05) is 36.4 Å². The lowest BCUT2D eigenvalue weighted by Crippen LogP contribution is -2.35. The Balaban J connectivity index is 2.04. The molecule has 1 aliphatic heterocycles. The summed E-state index contributed by atoms with van der Waals surface area (Å²) in [5.74, 6) is 0.402. The van der Waals surface area contributed by atoms with Crippen LogP contribution in [0.1, 0.15) is 31.4 Å². The predicted octanol–water partition coefficient (Wildman–Crippen LogP) is 3.18. The molecule has 1 aromatic carbocycles. The highest BCUT2D eigenvalue weighted by Gasteiger charge is 2.21. The molecule has 1 fully saturated rings. The maximum Gasteiger partial charge on any atom is 0.135 e. The van der Waals surface area contributed by atoms with Gasteiger partial charge in [-0.2, -0.15) is 0 Å². The summed E-state index contributed by atoms with van der Waals surface area (Å²) in [6, 6.07) is 8.83. The average Bonchev–Trinajstić information content (AvgIpc) is 2.30. The SMILES string of the molecule is C[C@@H](c1ccc(Br)cc1)N1CCC(=O)CC1. The maximum atomic E-state index is 11.2. The molecule has 0 radical (unpaired) electrons. The molecule has 3 heteroatoms. The summed E-state index contributed by atoms with van der Waals surface area (Å²) in [4.78, 5) is 13.6. The van der Waals surface area contributed by atoms with Gasteiger partial charge in [0.25, 0.3) is 0 Å². The lowest BCUT2D eigenvalue weighted by Gasteiger charge is -2.32. The Labute approximate surface area is 105 Å². The van der Waals surface area contributed by atoms with Gasteiger partial charge in [0.15, 0.2) is 0 Å². The smallest absolute Gasteiger partial charge is 0.135 e. The summed E-state index contributed by atoms with van der Waals surface area (Å²) in [6.45, 7) is 4.01. The number of hydrogen-bond acceptors (Lipinski definition) is 2. The van der Waals surface area contributed by atoms with Crippen LogP contribution < -0.4 is 0 Å². The molecule has 1 atom stereocenters. The summed E-state index contributed by atoms with van der Waals surface area (Å²) in [7, 11) is 0. The van der Waals surface area contributed by atoms with E-state index in [1.54, 1.807) is 0 Å². The Morgan fingerprint density at radius 3 is 2.31 bits per heavy atom. The van der Waals surface area contributed by atoms with E-state index in [9.17, 15) is 4.79 Å². The molecule has 16 heavy (non-hydrogen) atoms. The number of hydrogen-bond donors (Lipinski definition) is 0. The molecular weight excluding hydrogens is 266 g/mol. The topological polar surface area (TPSA) is 20.3 Å². The van der Waals surface area contributed by atoms with Crippen LogP contribution >= 0.6 is 15.9 Å². The van der Waals surface area contributed by atoms with Crippen molar-refractivity contribution in [2.45, 2.75) is 25.8 Å². The third-order valence-corrected chi connectivity index (χ3v) is 3.78. The lowest BCUT2D eigenvalue weighted by atomic mass is 10.0. The maximum absolute atomic E-state index is 11.2. The lowest BCUT2D eigenvalue weighted by molar-refractivity contribution is -0.121. The fraction of sp³-hybridized carbons (Fsp3) is 0.462. The first-order chi connectivity index (χ1) is 7.66. The molecule has 86 valence electrons. The van der Waals surface area contributed by atoms with Gasteiger partial charge in [-0.05, 0) is 24.6 Å². The van der Waals surface area contributed by atoms with Crippen LogP contribution in [0.3, 0.4) is 0 Å². The van der Waals surface area contributed by atoms with Gasteiger partial charge in [0.1, 0.15) is 5.78 Å². The number of rotatable bonds is 2. The Morgan fingerprint density at radius 1 is 1.19 bits per heavy atom. The van der Waals surface area contributed by atoms with Crippen molar-refractivity contribution in [3.05, 3.63) is 34.3 Å². The third kappa shape index (κ3) is 2.71. The molecule has 0 amide bonds. The van der Waals surface area contributed by atoms with Crippen molar-refractivity contribution in [3.8, 4) is 0 Å². The van der Waals surface area contributed by atoms with Crippen LogP contribution in [0, 0.1) is 0 Å². The number of ketones is 1. The van der Waals surface area contributed by atoms with Crippen LogP contribution in [0.4, 0.5) is 0 Å². The standard InChI is InChI=1S/C13H16BrNO/c1-10(11-2-4-12(14)5-3-11)15-8-6-13(16)7-9-15/h2-5,10H,6-9H2,1H3/t10-/m0/s1. The Bertz CT molecular complexity index is 364. The second kappa shape index (κ2) is 5.11. The number of likely N-dealkylation sites (tertiary alicyclic amines) is 1. The number of Topliss-reactive ketones (excluding diaryl/α,β-unsaturated/α-hetero) is 1. The summed E-state index contributed by atoms with van der Waals surface area (Å²) in [5, 5.41) is 0. The highest BCUT2D eigenvalue weighted by molar-refractivity contribution is 9.10. The second-order valence-corrected chi connectivity index (χ2v) is 5.22. The van der Waals surface area contributed by atoms with E-state index in [4.69, 9.17) is 0 Å². The van der Waals surface area contributed by atoms with Crippen LogP contribution in [-0.4, -0.2) is 23.8 Å². The van der Waals surface area contributed by atoms with Crippen molar-refractivity contribution in [1.82, 2.24) is 4.90 Å². The van der Waals surface area contributed by atoms with Gasteiger partial charge >= 0.3 is 0 Å². The van der Waals surface area contributed by atoms with Gasteiger partial charge in [-0.25, -0.2) is 0 Å². The van der Waals surface area contributed by atoms with E-state index in [1.165, 1.54) is 5.56 Å². The Morgan fingerprint density at radius 2 is 1.75 bits per heavy atom. The molecule has 2 nitrogen and oxygen atoms in total. The molecule has 0 N–H and O–H groups in total. The number of piperidine rings is 1. The number of carbonyl (C=O) groups excluding carboxylic acids is 1. The van der Waals surface area contributed by atoms with Crippen LogP contribution in [0.25, 0.3) is 0 Å². The minimum atomic E-state index is 0.402. The van der Waals surface area contributed by atoms with E-state index in [1.807, 2.05) is 0 Å². The van der Waals surface area contributed by atoms with Crippen LogP contribution in [0.15, 0.2) is 28.7 Å². The van der Waals surface area contributed by atoms with Crippen molar-refractivity contribution in [1.29, 1.82) is 0 Å². The molecule has 1 heterocycles. The highest BCUT2D eigenvalue weighted by atomic mass is 79.9. The summed E-state index contributed by atoms with van der Waals surface area (Å²) >= 11 is 3.44. The fourth-order valence-corrected chi connectivity index (χ4v) is 2.38. The van der Waals surface area contributed by atoms with Crippen molar-refractivity contribution < 1.29 is 4.79 Å². The predicted molar refractivity (Wildman–Crippen MR) is 68.4 cm³/mol. The minimum Gasteiger partial charge on any atom is -0.300 e.